The van der Waals surface area contributed by atoms with Crippen molar-refractivity contribution in [2.45, 2.75) is 38.5 Å². The van der Waals surface area contributed by atoms with Crippen LogP contribution in [0.5, 0.6) is 0 Å². The third kappa shape index (κ3) is 3.82. The van der Waals surface area contributed by atoms with Crippen molar-refractivity contribution in [2.75, 3.05) is 13.6 Å². The number of hydrogen-bond acceptors (Lipinski definition) is 6. The first-order valence-corrected chi connectivity index (χ1v) is 8.95. The highest BCUT2D eigenvalue weighted by Gasteiger charge is 2.42. The Labute approximate surface area is 157 Å². The Balaban J connectivity index is 1.88. The lowest BCUT2D eigenvalue weighted by atomic mass is 10.0. The van der Waals surface area contributed by atoms with Gasteiger partial charge < -0.3 is 15.3 Å². The summed E-state index contributed by atoms with van der Waals surface area (Å²) in [6.45, 7) is 3.94. The summed E-state index contributed by atoms with van der Waals surface area (Å²) in [6.07, 6.45) is 2.86. The summed E-state index contributed by atoms with van der Waals surface area (Å²) in [7, 11) is 1.52. The minimum atomic E-state index is -0.719. The van der Waals surface area contributed by atoms with Gasteiger partial charge in [0.05, 0.1) is 18.0 Å². The van der Waals surface area contributed by atoms with Gasteiger partial charge in [-0.1, -0.05) is 25.1 Å². The molecule has 0 radical (unpaired) electrons. The van der Waals surface area contributed by atoms with Crippen LogP contribution in [0.3, 0.4) is 0 Å². The predicted octanol–water partition coefficient (Wildman–Crippen LogP) is 0.245. The second-order valence-electron chi connectivity index (χ2n) is 7.00. The van der Waals surface area contributed by atoms with Crippen LogP contribution in [0.4, 0.5) is 0 Å². The Kier molecular flexibility index (Phi) is 5.50. The van der Waals surface area contributed by atoms with Crippen molar-refractivity contribution < 1.29 is 14.7 Å². The fourth-order valence-electron chi connectivity index (χ4n) is 3.39. The van der Waals surface area contributed by atoms with Crippen molar-refractivity contribution >= 4 is 11.8 Å². The molecule has 3 atom stereocenters. The van der Waals surface area contributed by atoms with E-state index in [4.69, 9.17) is 0 Å². The first-order valence-electron chi connectivity index (χ1n) is 8.95. The minimum Gasteiger partial charge on any atom is -0.391 e. The molecule has 0 aliphatic carbocycles. The van der Waals surface area contributed by atoms with E-state index in [9.17, 15) is 14.7 Å². The molecule has 0 spiro atoms. The molecule has 3 heterocycles. The van der Waals surface area contributed by atoms with Gasteiger partial charge in [0.25, 0.3) is 0 Å². The van der Waals surface area contributed by atoms with E-state index in [0.717, 1.165) is 0 Å². The monoisotopic (exact) mass is 372 g/mol. The Hall–Kier alpha value is -2.81. The molecule has 1 aliphatic rings. The quantitative estimate of drug-likeness (QED) is 0.778. The van der Waals surface area contributed by atoms with Crippen molar-refractivity contribution in [1.29, 1.82) is 0 Å². The van der Waals surface area contributed by atoms with E-state index >= 15 is 0 Å². The summed E-state index contributed by atoms with van der Waals surface area (Å²) in [5.74, 6) is -0.623. The van der Waals surface area contributed by atoms with E-state index in [1.54, 1.807) is 12.4 Å². The number of nitrogens with one attached hydrogen (secondary N) is 1. The third-order valence-corrected chi connectivity index (χ3v) is 4.72. The topological polar surface area (TPSA) is 113 Å². The SMILES string of the molecule is CNC(=O)[C@@H]1C[C@@H](O)CN1C(=O)C(C(C)C)n1cc(-c2ccccn2)nn1. The molecule has 1 fully saturated rings. The Morgan fingerprint density at radius 1 is 1.30 bits per heavy atom. The van der Waals surface area contributed by atoms with Gasteiger partial charge in [-0.2, -0.15) is 0 Å². The normalized spacial score (nSPS) is 20.7. The zero-order chi connectivity index (χ0) is 19.6. The lowest BCUT2D eigenvalue weighted by Crippen LogP contribution is -2.48. The fraction of sp³-hybridized carbons (Fsp3) is 0.500. The molecule has 144 valence electrons. The maximum atomic E-state index is 13.2. The van der Waals surface area contributed by atoms with Gasteiger partial charge in [0.15, 0.2) is 0 Å². The van der Waals surface area contributed by atoms with E-state index in [-0.39, 0.29) is 30.7 Å². The first kappa shape index (κ1) is 19.0. The molecule has 2 amide bonds. The molecule has 2 aromatic rings. The summed E-state index contributed by atoms with van der Waals surface area (Å²) in [5, 5.41) is 20.8. The maximum Gasteiger partial charge on any atom is 0.248 e. The number of likely N-dealkylation sites (tertiary alicyclic amines) is 1. The van der Waals surface area contributed by atoms with Gasteiger partial charge in [-0.05, 0) is 18.1 Å². The van der Waals surface area contributed by atoms with Crippen LogP contribution in [-0.2, 0) is 9.59 Å². The number of nitrogens with zero attached hydrogens (tertiary/aromatic N) is 5. The molecule has 0 aromatic carbocycles. The Bertz CT molecular complexity index is 806. The summed E-state index contributed by atoms with van der Waals surface area (Å²) in [6, 6.07) is 4.17. The van der Waals surface area contributed by atoms with Crippen molar-refractivity contribution in [2.24, 2.45) is 5.92 Å². The van der Waals surface area contributed by atoms with Crippen molar-refractivity contribution in [1.82, 2.24) is 30.2 Å². The number of aliphatic hydroxyl groups is 1. The van der Waals surface area contributed by atoms with E-state index in [1.807, 2.05) is 32.0 Å². The number of rotatable bonds is 5. The molecule has 2 N–H and O–H groups in total. The minimum absolute atomic E-state index is 0.0844. The number of aromatic nitrogens is 4. The number of likely N-dealkylation sites (N-methyl/N-ethyl adjacent to an activating group) is 1. The van der Waals surface area contributed by atoms with Crippen LogP contribution in [0.15, 0.2) is 30.6 Å². The standard InChI is InChI=1S/C18H24N6O3/c1-11(2)16(18(27)23-9-12(25)8-15(23)17(26)19-3)24-10-14(21-22-24)13-6-4-5-7-20-13/h4-7,10-12,15-16,25H,8-9H2,1-3H3,(H,19,26)/t12-,15+,16?/m1/s1. The number of amides is 2. The number of hydrogen-bond donors (Lipinski definition) is 2. The number of carbonyl (C=O) groups is 2. The molecule has 2 aromatic heterocycles. The molecular weight excluding hydrogens is 348 g/mol. The third-order valence-electron chi connectivity index (χ3n) is 4.72. The summed E-state index contributed by atoms with van der Waals surface area (Å²) in [5.41, 5.74) is 1.23. The smallest absolute Gasteiger partial charge is 0.248 e. The van der Waals surface area contributed by atoms with Crippen LogP contribution in [-0.4, -0.2) is 67.5 Å². The lowest BCUT2D eigenvalue weighted by molar-refractivity contribution is -0.142. The zero-order valence-corrected chi connectivity index (χ0v) is 15.6. The van der Waals surface area contributed by atoms with Gasteiger partial charge in [-0.3, -0.25) is 14.6 Å². The Morgan fingerprint density at radius 3 is 2.70 bits per heavy atom. The molecule has 1 unspecified atom stereocenters. The maximum absolute atomic E-state index is 13.2. The van der Waals surface area contributed by atoms with Crippen LogP contribution in [0.1, 0.15) is 26.3 Å². The van der Waals surface area contributed by atoms with E-state index in [0.29, 0.717) is 11.4 Å². The fourth-order valence-corrected chi connectivity index (χ4v) is 3.39. The lowest BCUT2D eigenvalue weighted by Gasteiger charge is -2.29. The second-order valence-corrected chi connectivity index (χ2v) is 7.00. The molecule has 0 bridgehead atoms. The van der Waals surface area contributed by atoms with E-state index in [1.165, 1.54) is 16.6 Å². The van der Waals surface area contributed by atoms with Crippen LogP contribution >= 0.6 is 0 Å². The highest BCUT2D eigenvalue weighted by molar-refractivity contribution is 5.90. The molecule has 3 rings (SSSR count). The van der Waals surface area contributed by atoms with Gasteiger partial charge in [0.1, 0.15) is 17.8 Å². The molecule has 9 nitrogen and oxygen atoms in total. The van der Waals surface area contributed by atoms with Gasteiger partial charge in [-0.15, -0.1) is 5.10 Å². The average Bonchev–Trinajstić information content (AvgIpc) is 3.28. The van der Waals surface area contributed by atoms with Gasteiger partial charge in [0, 0.05) is 26.2 Å². The molecule has 27 heavy (non-hydrogen) atoms. The van der Waals surface area contributed by atoms with Crippen LogP contribution < -0.4 is 5.32 Å². The summed E-state index contributed by atoms with van der Waals surface area (Å²) >= 11 is 0. The number of β-amino-alcohol motifs (C(OH)–C–C–N with tert-alkyl or cyclic N) is 1. The Morgan fingerprint density at radius 2 is 2.07 bits per heavy atom. The summed E-state index contributed by atoms with van der Waals surface area (Å²) in [4.78, 5) is 31.1. The van der Waals surface area contributed by atoms with Gasteiger partial charge in [0.2, 0.25) is 11.8 Å². The largest absolute Gasteiger partial charge is 0.391 e. The molecule has 1 saturated heterocycles. The van der Waals surface area contributed by atoms with Crippen molar-refractivity contribution in [3.8, 4) is 11.4 Å². The number of aliphatic hydroxyl groups excluding tert-OH is 1. The molecule has 1 aliphatic heterocycles. The highest BCUT2D eigenvalue weighted by atomic mass is 16.3. The predicted molar refractivity (Wildman–Crippen MR) is 97.3 cm³/mol. The van der Waals surface area contributed by atoms with E-state index < -0.39 is 18.2 Å². The highest BCUT2D eigenvalue weighted by Crippen LogP contribution is 2.27. The van der Waals surface area contributed by atoms with Crippen molar-refractivity contribution in [3.05, 3.63) is 30.6 Å². The van der Waals surface area contributed by atoms with Crippen LogP contribution in [0, 0.1) is 5.92 Å². The average molecular weight is 372 g/mol. The zero-order valence-electron chi connectivity index (χ0n) is 15.6. The first-order chi connectivity index (χ1) is 12.9. The molecule has 9 heteroatoms. The number of carbonyl (C=O) groups excluding carboxylic acids is 2. The molecule has 0 saturated carbocycles. The summed E-state index contributed by atoms with van der Waals surface area (Å²) < 4.78 is 1.52. The van der Waals surface area contributed by atoms with Crippen LogP contribution in [0.25, 0.3) is 11.4 Å². The van der Waals surface area contributed by atoms with Gasteiger partial charge in [-0.25, -0.2) is 4.68 Å². The van der Waals surface area contributed by atoms with Crippen LogP contribution in [0.2, 0.25) is 0 Å². The second kappa shape index (κ2) is 7.83. The van der Waals surface area contributed by atoms with E-state index in [2.05, 4.69) is 20.6 Å². The van der Waals surface area contributed by atoms with Crippen molar-refractivity contribution in [3.63, 3.8) is 0 Å². The van der Waals surface area contributed by atoms with Gasteiger partial charge >= 0.3 is 0 Å². The molecular formula is C18H24N6O3. The number of pyridine rings is 1.